The molecule has 43 heavy (non-hydrogen) atoms. The molecule has 0 unspecified atom stereocenters. The first-order valence-corrected chi connectivity index (χ1v) is 13.6. The highest BCUT2D eigenvalue weighted by molar-refractivity contribution is 7.18. The van der Waals surface area contributed by atoms with Crippen LogP contribution in [0.2, 0.25) is 0 Å². The van der Waals surface area contributed by atoms with Gasteiger partial charge in [0.2, 0.25) is 11.7 Å². The predicted octanol–water partition coefficient (Wildman–Crippen LogP) is 6.03. The van der Waals surface area contributed by atoms with Crippen LogP contribution in [-0.2, 0) is 16.0 Å². The maximum absolute atomic E-state index is 13.3. The summed E-state index contributed by atoms with van der Waals surface area (Å²) in [7, 11) is 1.18. The molecule has 0 atom stereocenters. The molecule has 0 radical (unpaired) electrons. The van der Waals surface area contributed by atoms with Crippen molar-refractivity contribution in [2.24, 2.45) is 10.2 Å². The zero-order valence-electron chi connectivity index (χ0n) is 22.5. The van der Waals surface area contributed by atoms with Crippen molar-refractivity contribution < 1.29 is 34.1 Å². The number of methoxy groups -OCH3 is 1. The van der Waals surface area contributed by atoms with Crippen LogP contribution in [0.25, 0.3) is 10.9 Å². The number of esters is 1. The number of ether oxygens (including phenoxy) is 1. The fourth-order valence-corrected chi connectivity index (χ4v) is 5.16. The van der Waals surface area contributed by atoms with Crippen molar-refractivity contribution in [1.29, 1.82) is 0 Å². The molecule has 1 amide bonds. The molecule has 2 heterocycles. The molecule has 0 saturated carbocycles. The van der Waals surface area contributed by atoms with Gasteiger partial charge in [0.05, 0.1) is 24.0 Å². The number of carboxylic acid groups (broad SMARTS) is 1. The normalized spacial score (nSPS) is 11.1. The number of fused-ring (bicyclic) bond motifs is 1. The van der Waals surface area contributed by atoms with Gasteiger partial charge in [0.15, 0.2) is 10.7 Å². The van der Waals surface area contributed by atoms with Crippen LogP contribution in [0.1, 0.15) is 48.2 Å². The highest BCUT2D eigenvalue weighted by Crippen LogP contribution is 2.30. The van der Waals surface area contributed by atoms with Gasteiger partial charge in [-0.1, -0.05) is 47.7 Å². The molecule has 12 nitrogen and oxygen atoms in total. The van der Waals surface area contributed by atoms with E-state index in [4.69, 9.17) is 4.74 Å². The number of phenols is 1. The summed E-state index contributed by atoms with van der Waals surface area (Å²) in [6.45, 7) is 0. The molecule has 0 spiro atoms. The Balaban J connectivity index is 1.31. The number of nitrogens with zero attached hydrogens (tertiary/aromatic N) is 3. The van der Waals surface area contributed by atoms with Crippen LogP contribution in [-0.4, -0.2) is 50.9 Å². The first-order valence-electron chi connectivity index (χ1n) is 12.8. The molecule has 0 aliphatic carbocycles. The number of amides is 1. The number of carboxylic acids is 1. The minimum absolute atomic E-state index is 0.000848. The number of benzene rings is 3. The number of aromatic carboxylic acids is 1. The summed E-state index contributed by atoms with van der Waals surface area (Å²) in [6.07, 6.45) is 1.83. The van der Waals surface area contributed by atoms with Crippen molar-refractivity contribution in [1.82, 2.24) is 9.97 Å². The zero-order valence-corrected chi connectivity index (χ0v) is 23.3. The fraction of sp³-hybridized carbons (Fsp3) is 0.100. The second-order valence-corrected chi connectivity index (χ2v) is 10.1. The quantitative estimate of drug-likeness (QED) is 0.0854. The van der Waals surface area contributed by atoms with E-state index in [9.17, 15) is 29.4 Å². The van der Waals surface area contributed by atoms with E-state index in [2.05, 4.69) is 25.5 Å². The summed E-state index contributed by atoms with van der Waals surface area (Å²) >= 11 is 0.881. The van der Waals surface area contributed by atoms with Crippen LogP contribution < -0.4 is 5.32 Å². The average molecular weight is 598 g/mol. The van der Waals surface area contributed by atoms with Gasteiger partial charge >= 0.3 is 11.9 Å². The van der Waals surface area contributed by atoms with Gasteiger partial charge in [-0.15, -0.1) is 0 Å². The van der Waals surface area contributed by atoms with E-state index in [0.717, 1.165) is 16.9 Å². The number of carbonyl (C=O) groups is 4. The number of anilines is 1. The summed E-state index contributed by atoms with van der Waals surface area (Å²) in [6, 6.07) is 18.1. The Morgan fingerprint density at radius 2 is 1.77 bits per heavy atom. The van der Waals surface area contributed by atoms with E-state index in [0.29, 0.717) is 22.2 Å². The van der Waals surface area contributed by atoms with Crippen molar-refractivity contribution in [3.05, 3.63) is 100 Å². The maximum Gasteiger partial charge on any atom is 0.359 e. The lowest BCUT2D eigenvalue weighted by molar-refractivity contribution is -0.116. The standard InChI is InChI=1S/C30H23N5O7S/c1-42-30(41)25-27(43-28(33-25)26(38)20-15-31-22-9-5-3-7-18(20)22)32-24(37)13-10-16-6-2-4-8-21(16)35-34-17-11-12-23(36)19(14-17)29(39)40/h2-9,11-12,14-15,31,36H,10,13H2,1H3,(H,32,37)(H,39,40)/b35-34+. The molecule has 2 aromatic heterocycles. The molecule has 216 valence electrons. The second-order valence-electron chi connectivity index (χ2n) is 9.15. The summed E-state index contributed by atoms with van der Waals surface area (Å²) in [5.74, 6) is -3.32. The summed E-state index contributed by atoms with van der Waals surface area (Å²) < 4.78 is 4.82. The largest absolute Gasteiger partial charge is 0.507 e. The van der Waals surface area contributed by atoms with Crippen molar-refractivity contribution in [2.45, 2.75) is 12.8 Å². The van der Waals surface area contributed by atoms with E-state index in [1.165, 1.54) is 25.3 Å². The lowest BCUT2D eigenvalue weighted by Gasteiger charge is -2.06. The molecule has 3 aromatic carbocycles. The Hall–Kier alpha value is -5.69. The third-order valence-electron chi connectivity index (χ3n) is 6.38. The smallest absolute Gasteiger partial charge is 0.359 e. The van der Waals surface area contributed by atoms with Crippen LogP contribution >= 0.6 is 11.3 Å². The molecule has 0 aliphatic heterocycles. The van der Waals surface area contributed by atoms with Gasteiger partial charge in [-0.3, -0.25) is 9.59 Å². The fourth-order valence-electron chi connectivity index (χ4n) is 4.24. The summed E-state index contributed by atoms with van der Waals surface area (Å²) in [5.41, 5.74) is 2.05. The Kier molecular flexibility index (Phi) is 8.34. The van der Waals surface area contributed by atoms with Crippen LogP contribution in [0.15, 0.2) is 83.2 Å². The lowest BCUT2D eigenvalue weighted by atomic mass is 10.1. The number of aromatic amines is 1. The van der Waals surface area contributed by atoms with E-state index in [1.54, 1.807) is 36.5 Å². The Labute approximate surface area is 247 Å². The van der Waals surface area contributed by atoms with Crippen LogP contribution in [0.4, 0.5) is 16.4 Å². The SMILES string of the molecule is COC(=O)c1nc(C(=O)c2c[nH]c3ccccc23)sc1NC(=O)CCc1ccccc1/N=N/c1ccc(O)c(C(=O)O)c1. The van der Waals surface area contributed by atoms with Gasteiger partial charge in [-0.05, 0) is 42.3 Å². The van der Waals surface area contributed by atoms with E-state index >= 15 is 0 Å². The Morgan fingerprint density at radius 1 is 1.00 bits per heavy atom. The number of aromatic hydroxyl groups is 1. The van der Waals surface area contributed by atoms with Crippen LogP contribution in [0.5, 0.6) is 5.75 Å². The number of H-pyrrole nitrogens is 1. The van der Waals surface area contributed by atoms with Gasteiger partial charge in [0.1, 0.15) is 16.3 Å². The Bertz CT molecular complexity index is 1910. The number of hydrogen-bond donors (Lipinski definition) is 4. The number of azo groups is 1. The van der Waals surface area contributed by atoms with E-state index < -0.39 is 23.6 Å². The van der Waals surface area contributed by atoms with E-state index in [-0.39, 0.29) is 45.5 Å². The maximum atomic E-state index is 13.3. The van der Waals surface area contributed by atoms with E-state index in [1.807, 2.05) is 18.2 Å². The highest BCUT2D eigenvalue weighted by Gasteiger charge is 2.25. The van der Waals surface area contributed by atoms with Crippen molar-refractivity contribution in [2.75, 3.05) is 12.4 Å². The third-order valence-corrected chi connectivity index (χ3v) is 7.35. The van der Waals surface area contributed by atoms with Crippen molar-refractivity contribution in [3.63, 3.8) is 0 Å². The minimum Gasteiger partial charge on any atom is -0.507 e. The number of aryl methyl sites for hydroxylation is 1. The van der Waals surface area contributed by atoms with Gasteiger partial charge in [-0.2, -0.15) is 10.2 Å². The molecule has 5 aromatic rings. The molecule has 0 fully saturated rings. The van der Waals surface area contributed by atoms with Gasteiger partial charge in [-0.25, -0.2) is 14.6 Å². The first-order chi connectivity index (χ1) is 20.7. The number of rotatable bonds is 10. The topological polar surface area (TPSA) is 183 Å². The lowest BCUT2D eigenvalue weighted by Crippen LogP contribution is -2.14. The van der Waals surface area contributed by atoms with Crippen molar-refractivity contribution in [3.8, 4) is 5.75 Å². The monoisotopic (exact) mass is 597 g/mol. The summed E-state index contributed by atoms with van der Waals surface area (Å²) in [5, 5.41) is 30.7. The molecule has 4 N–H and O–H groups in total. The van der Waals surface area contributed by atoms with Gasteiger partial charge < -0.3 is 25.3 Å². The van der Waals surface area contributed by atoms with Gasteiger partial charge in [0.25, 0.3) is 0 Å². The number of hydrogen-bond acceptors (Lipinski definition) is 10. The molecular weight excluding hydrogens is 574 g/mol. The molecule has 0 saturated heterocycles. The molecule has 5 rings (SSSR count). The van der Waals surface area contributed by atoms with Crippen LogP contribution in [0, 0.1) is 0 Å². The number of aromatic nitrogens is 2. The van der Waals surface area contributed by atoms with Crippen molar-refractivity contribution >= 4 is 62.2 Å². The molecule has 0 aliphatic rings. The highest BCUT2D eigenvalue weighted by atomic mass is 32.1. The number of nitrogens with one attached hydrogen (secondary N) is 2. The minimum atomic E-state index is -1.30. The zero-order chi connectivity index (χ0) is 30.5. The second kappa shape index (κ2) is 12.4. The Morgan fingerprint density at radius 3 is 2.56 bits per heavy atom. The number of para-hydroxylation sites is 1. The number of thiazole rings is 1. The van der Waals surface area contributed by atoms with Crippen LogP contribution in [0.3, 0.4) is 0 Å². The summed E-state index contributed by atoms with van der Waals surface area (Å²) in [4.78, 5) is 57.1. The molecule has 13 heteroatoms. The first kappa shape index (κ1) is 28.8. The molecular formula is C30H23N5O7S. The number of ketones is 1. The van der Waals surface area contributed by atoms with Gasteiger partial charge in [0, 0.05) is 23.5 Å². The average Bonchev–Trinajstić information content (AvgIpc) is 3.64. The third kappa shape index (κ3) is 6.31. The predicted molar refractivity (Wildman–Crippen MR) is 158 cm³/mol. The molecule has 0 bridgehead atoms. The number of carbonyl (C=O) groups excluding carboxylic acids is 3.